The van der Waals surface area contributed by atoms with Gasteiger partial charge in [0.2, 0.25) is 5.89 Å². The number of hydrogen-bond donors (Lipinski definition) is 0. The Labute approximate surface area is 159 Å². The lowest BCUT2D eigenvalue weighted by atomic mass is 10.1. The van der Waals surface area contributed by atoms with Gasteiger partial charge in [-0.15, -0.1) is 21.5 Å². The fourth-order valence-corrected chi connectivity index (χ4v) is 6.31. The minimum absolute atomic E-state index is 0.0638. The van der Waals surface area contributed by atoms with E-state index in [1.54, 1.807) is 11.3 Å². The third kappa shape index (κ3) is 3.45. The van der Waals surface area contributed by atoms with E-state index in [4.69, 9.17) is 4.42 Å². The highest BCUT2D eigenvalue weighted by atomic mass is 32.2. The Hall–Kier alpha value is -1.65. The molecular weight excluding hydrogens is 392 g/mol. The molecule has 138 valence electrons. The smallest absolute Gasteiger partial charge is 0.236 e. The molecule has 1 aliphatic heterocycles. The number of oxazole rings is 1. The summed E-state index contributed by atoms with van der Waals surface area (Å²) in [5, 5.41) is 11.2. The van der Waals surface area contributed by atoms with Crippen molar-refractivity contribution in [3.63, 3.8) is 0 Å². The van der Waals surface area contributed by atoms with Crippen molar-refractivity contribution < 1.29 is 12.8 Å². The number of thiophene rings is 1. The van der Waals surface area contributed by atoms with E-state index in [0.717, 1.165) is 27.3 Å². The summed E-state index contributed by atoms with van der Waals surface area (Å²) in [5.74, 6) is 3.13. The third-order valence-electron chi connectivity index (χ3n) is 4.43. The zero-order valence-electron chi connectivity index (χ0n) is 14.4. The lowest BCUT2D eigenvalue weighted by Crippen LogP contribution is -2.09. The molecule has 4 heterocycles. The van der Waals surface area contributed by atoms with E-state index < -0.39 is 9.84 Å². The zero-order chi connectivity index (χ0) is 18.3. The number of aryl methyl sites for hydroxylation is 1. The van der Waals surface area contributed by atoms with Gasteiger partial charge in [0.1, 0.15) is 11.6 Å². The SMILES string of the molecule is Cc1oc(-c2cccs2)nc1CSc1nnc(C2CCS(=O)(=O)C2)n1C. The largest absolute Gasteiger partial charge is 0.440 e. The molecule has 0 spiro atoms. The lowest BCUT2D eigenvalue weighted by Gasteiger charge is -2.07. The zero-order valence-corrected chi connectivity index (χ0v) is 16.8. The highest BCUT2D eigenvalue weighted by Crippen LogP contribution is 2.32. The van der Waals surface area contributed by atoms with Gasteiger partial charge in [0.25, 0.3) is 0 Å². The Morgan fingerprint density at radius 1 is 1.42 bits per heavy atom. The molecule has 1 aliphatic rings. The van der Waals surface area contributed by atoms with Crippen molar-refractivity contribution in [3.8, 4) is 10.8 Å². The maximum Gasteiger partial charge on any atom is 0.236 e. The van der Waals surface area contributed by atoms with Crippen molar-refractivity contribution in [2.24, 2.45) is 7.05 Å². The van der Waals surface area contributed by atoms with Gasteiger partial charge < -0.3 is 8.98 Å². The van der Waals surface area contributed by atoms with Gasteiger partial charge in [-0.25, -0.2) is 13.4 Å². The Morgan fingerprint density at radius 3 is 2.96 bits per heavy atom. The van der Waals surface area contributed by atoms with Crippen LogP contribution in [-0.4, -0.2) is 39.7 Å². The molecule has 0 radical (unpaired) electrons. The van der Waals surface area contributed by atoms with Gasteiger partial charge in [0.15, 0.2) is 15.0 Å². The van der Waals surface area contributed by atoms with Crippen molar-refractivity contribution in [2.45, 2.75) is 30.2 Å². The second-order valence-electron chi connectivity index (χ2n) is 6.29. The van der Waals surface area contributed by atoms with Gasteiger partial charge in [-0.05, 0) is 24.8 Å². The predicted octanol–water partition coefficient (Wildman–Crippen LogP) is 3.03. The van der Waals surface area contributed by atoms with Crippen LogP contribution in [0.5, 0.6) is 0 Å². The second-order valence-corrected chi connectivity index (χ2v) is 10.4. The maximum absolute atomic E-state index is 11.7. The first-order chi connectivity index (χ1) is 12.4. The topological polar surface area (TPSA) is 90.9 Å². The first-order valence-corrected chi connectivity index (χ1v) is 11.8. The fraction of sp³-hybridized carbons (Fsp3) is 0.438. The molecule has 26 heavy (non-hydrogen) atoms. The van der Waals surface area contributed by atoms with Crippen LogP contribution in [0.2, 0.25) is 0 Å². The van der Waals surface area contributed by atoms with Gasteiger partial charge in [0.05, 0.1) is 22.1 Å². The molecule has 1 saturated heterocycles. The molecule has 3 aromatic heterocycles. The van der Waals surface area contributed by atoms with Crippen molar-refractivity contribution in [3.05, 3.63) is 34.8 Å². The first kappa shape index (κ1) is 17.7. The minimum Gasteiger partial charge on any atom is -0.440 e. The number of hydrogen-bond acceptors (Lipinski definition) is 8. The number of nitrogens with zero attached hydrogens (tertiary/aromatic N) is 4. The van der Waals surface area contributed by atoms with Crippen LogP contribution in [0.3, 0.4) is 0 Å². The van der Waals surface area contributed by atoms with Crippen LogP contribution in [-0.2, 0) is 22.6 Å². The number of aromatic nitrogens is 4. The molecule has 7 nitrogen and oxygen atoms in total. The summed E-state index contributed by atoms with van der Waals surface area (Å²) < 4.78 is 31.1. The van der Waals surface area contributed by atoms with E-state index in [9.17, 15) is 8.42 Å². The van der Waals surface area contributed by atoms with Crippen molar-refractivity contribution in [1.29, 1.82) is 0 Å². The Balaban J connectivity index is 1.48. The summed E-state index contributed by atoms with van der Waals surface area (Å²) in [7, 11) is -1.06. The molecule has 3 aromatic rings. The Bertz CT molecular complexity index is 1020. The molecule has 0 bridgehead atoms. The van der Waals surface area contributed by atoms with Gasteiger partial charge in [-0.3, -0.25) is 0 Å². The molecule has 1 fully saturated rings. The lowest BCUT2D eigenvalue weighted by molar-refractivity contribution is 0.542. The Morgan fingerprint density at radius 2 is 2.27 bits per heavy atom. The summed E-state index contributed by atoms with van der Waals surface area (Å²) in [6, 6.07) is 3.95. The van der Waals surface area contributed by atoms with E-state index in [-0.39, 0.29) is 17.4 Å². The number of thioether (sulfide) groups is 1. The number of rotatable bonds is 5. The maximum atomic E-state index is 11.7. The normalized spacial score (nSPS) is 19.2. The predicted molar refractivity (Wildman–Crippen MR) is 101 cm³/mol. The van der Waals surface area contributed by atoms with E-state index in [0.29, 0.717) is 18.1 Å². The Kier molecular flexibility index (Phi) is 4.66. The average Bonchev–Trinajstić information content (AvgIpc) is 3.34. The molecule has 0 amide bonds. The van der Waals surface area contributed by atoms with Crippen LogP contribution in [0.25, 0.3) is 10.8 Å². The summed E-state index contributed by atoms with van der Waals surface area (Å²) in [6.45, 7) is 1.91. The molecule has 0 saturated carbocycles. The minimum atomic E-state index is -2.94. The third-order valence-corrected chi connectivity index (χ3v) is 8.09. The van der Waals surface area contributed by atoms with E-state index >= 15 is 0 Å². The van der Waals surface area contributed by atoms with Gasteiger partial charge in [0, 0.05) is 18.7 Å². The quantitative estimate of drug-likeness (QED) is 0.597. The van der Waals surface area contributed by atoms with E-state index in [1.165, 1.54) is 11.8 Å². The molecule has 1 atom stereocenters. The molecule has 0 aliphatic carbocycles. The van der Waals surface area contributed by atoms with Crippen molar-refractivity contribution >= 4 is 32.9 Å². The molecule has 1 unspecified atom stereocenters. The van der Waals surface area contributed by atoms with Crippen LogP contribution in [0, 0.1) is 6.92 Å². The van der Waals surface area contributed by atoms with Crippen LogP contribution >= 0.6 is 23.1 Å². The van der Waals surface area contributed by atoms with Crippen LogP contribution in [0.1, 0.15) is 29.6 Å². The fourth-order valence-electron chi connectivity index (χ4n) is 3.01. The summed E-state index contributed by atoms with van der Waals surface area (Å²) >= 11 is 3.12. The molecule has 4 rings (SSSR count). The summed E-state index contributed by atoms with van der Waals surface area (Å²) in [6.07, 6.45) is 0.617. The van der Waals surface area contributed by atoms with E-state index in [1.807, 2.05) is 36.1 Å². The average molecular weight is 411 g/mol. The highest BCUT2D eigenvalue weighted by molar-refractivity contribution is 7.98. The van der Waals surface area contributed by atoms with E-state index in [2.05, 4.69) is 15.2 Å². The molecule has 0 N–H and O–H groups in total. The highest BCUT2D eigenvalue weighted by Gasteiger charge is 2.32. The standard InChI is InChI=1S/C16H18N4O3S3/c1-10-12(17-15(23-10)13-4-3-6-24-13)8-25-16-19-18-14(20(16)2)11-5-7-26(21,22)9-11/h3-4,6,11H,5,7-9H2,1-2H3. The first-order valence-electron chi connectivity index (χ1n) is 8.15. The summed E-state index contributed by atoms with van der Waals surface area (Å²) in [5.41, 5.74) is 0.881. The monoisotopic (exact) mass is 410 g/mol. The molecular formula is C16H18N4O3S3. The molecule has 0 aromatic carbocycles. The van der Waals surface area contributed by atoms with Crippen molar-refractivity contribution in [1.82, 2.24) is 19.7 Å². The summed E-state index contributed by atoms with van der Waals surface area (Å²) in [4.78, 5) is 5.59. The van der Waals surface area contributed by atoms with Gasteiger partial charge in [-0.1, -0.05) is 17.8 Å². The molecule has 10 heteroatoms. The van der Waals surface area contributed by atoms with Crippen LogP contribution in [0.4, 0.5) is 0 Å². The van der Waals surface area contributed by atoms with Gasteiger partial charge in [-0.2, -0.15) is 0 Å². The number of sulfone groups is 1. The van der Waals surface area contributed by atoms with Gasteiger partial charge >= 0.3 is 0 Å². The van der Waals surface area contributed by atoms with Crippen LogP contribution in [0.15, 0.2) is 27.1 Å². The van der Waals surface area contributed by atoms with Crippen LogP contribution < -0.4 is 0 Å². The second kappa shape index (κ2) is 6.82. The van der Waals surface area contributed by atoms with Crippen molar-refractivity contribution in [2.75, 3.05) is 11.5 Å².